The van der Waals surface area contributed by atoms with Crippen LogP contribution in [0.2, 0.25) is 0 Å². The summed E-state index contributed by atoms with van der Waals surface area (Å²) in [5.41, 5.74) is 2.23. The molecule has 1 unspecified atom stereocenters. The van der Waals surface area contributed by atoms with E-state index in [-0.39, 0.29) is 30.4 Å². The molecule has 0 bridgehead atoms. The molecule has 1 atom stereocenters. The number of ether oxygens (including phenoxy) is 1. The third-order valence-electron chi connectivity index (χ3n) is 6.75. The van der Waals surface area contributed by atoms with Gasteiger partial charge in [0.2, 0.25) is 11.8 Å². The quantitative estimate of drug-likeness (QED) is 0.603. The summed E-state index contributed by atoms with van der Waals surface area (Å²) in [6.07, 6.45) is 7.49. The summed E-state index contributed by atoms with van der Waals surface area (Å²) in [7, 11) is 0. The average molecular weight is 472 g/mol. The number of hydrogen-bond donors (Lipinski definition) is 2. The van der Waals surface area contributed by atoms with Gasteiger partial charge in [0, 0.05) is 12.1 Å². The first kappa shape index (κ1) is 26.0. The second kappa shape index (κ2) is 11.2. The fourth-order valence-electron chi connectivity index (χ4n) is 4.78. The predicted molar refractivity (Wildman–Crippen MR) is 132 cm³/mol. The number of nitrogens with zero attached hydrogens (tertiary/aromatic N) is 1. The zero-order valence-corrected chi connectivity index (χ0v) is 21.4. The first-order valence-electron chi connectivity index (χ1n) is 12.7. The maximum absolute atomic E-state index is 13.8. The molecule has 2 aliphatic rings. The van der Waals surface area contributed by atoms with Crippen LogP contribution in [0.4, 0.5) is 4.79 Å². The van der Waals surface area contributed by atoms with Gasteiger partial charge in [-0.25, -0.2) is 4.79 Å². The smallest absolute Gasteiger partial charge is 0.408 e. The van der Waals surface area contributed by atoms with Crippen LogP contribution in [0.1, 0.15) is 94.9 Å². The van der Waals surface area contributed by atoms with Crippen molar-refractivity contribution < 1.29 is 19.1 Å². The molecule has 2 saturated carbocycles. The van der Waals surface area contributed by atoms with Crippen molar-refractivity contribution in [3.63, 3.8) is 0 Å². The van der Waals surface area contributed by atoms with Crippen molar-refractivity contribution in [1.29, 1.82) is 0 Å². The van der Waals surface area contributed by atoms with Crippen molar-refractivity contribution in [2.24, 2.45) is 0 Å². The summed E-state index contributed by atoms with van der Waals surface area (Å²) in [5.74, 6) is -0.390. The Morgan fingerprint density at radius 2 is 1.71 bits per heavy atom. The predicted octanol–water partition coefficient (Wildman–Crippen LogP) is 4.70. The van der Waals surface area contributed by atoms with Gasteiger partial charge in [-0.1, -0.05) is 43.0 Å². The third kappa shape index (κ3) is 6.97. The molecule has 188 valence electrons. The minimum Gasteiger partial charge on any atom is -0.444 e. The largest absolute Gasteiger partial charge is 0.444 e. The van der Waals surface area contributed by atoms with E-state index in [1.165, 1.54) is 6.42 Å². The van der Waals surface area contributed by atoms with Gasteiger partial charge < -0.3 is 20.3 Å². The third-order valence-corrected chi connectivity index (χ3v) is 6.75. The molecule has 2 N–H and O–H groups in total. The maximum atomic E-state index is 13.8. The molecule has 2 aliphatic carbocycles. The first-order chi connectivity index (χ1) is 16.0. The van der Waals surface area contributed by atoms with Gasteiger partial charge in [0.05, 0.1) is 0 Å². The Morgan fingerprint density at radius 3 is 2.29 bits per heavy atom. The van der Waals surface area contributed by atoms with Gasteiger partial charge in [-0.05, 0) is 77.8 Å². The standard InChI is InChI=1S/C27H41N3O4/c1-18-14-15-19(2)22(16-18)24(25(32)29-20-10-7-6-8-11-20)30(21-12-9-13-21)23(31)17-28-26(33)34-27(3,4)5/h14-16,20-21,24H,6-13,17H2,1-5H3,(H,28,33)(H,29,32). The van der Waals surface area contributed by atoms with Crippen molar-refractivity contribution in [3.8, 4) is 0 Å². The van der Waals surface area contributed by atoms with Crippen LogP contribution in [-0.4, -0.2) is 47.0 Å². The highest BCUT2D eigenvalue weighted by molar-refractivity contribution is 5.91. The van der Waals surface area contributed by atoms with Crippen molar-refractivity contribution in [1.82, 2.24) is 15.5 Å². The second-order valence-electron chi connectivity index (χ2n) is 10.8. The number of hydrogen-bond acceptors (Lipinski definition) is 4. The molecule has 7 nitrogen and oxygen atoms in total. The van der Waals surface area contributed by atoms with E-state index in [1.807, 2.05) is 32.0 Å². The lowest BCUT2D eigenvalue weighted by molar-refractivity contribution is -0.145. The van der Waals surface area contributed by atoms with E-state index in [4.69, 9.17) is 4.74 Å². The highest BCUT2D eigenvalue weighted by atomic mass is 16.6. The molecular formula is C27H41N3O4. The molecule has 7 heteroatoms. The summed E-state index contributed by atoms with van der Waals surface area (Å²) in [6, 6.07) is 5.45. The number of nitrogens with one attached hydrogen (secondary N) is 2. The summed E-state index contributed by atoms with van der Waals surface area (Å²) in [4.78, 5) is 41.2. The molecule has 0 aromatic heterocycles. The van der Waals surface area contributed by atoms with Crippen molar-refractivity contribution in [2.45, 2.75) is 110 Å². The zero-order chi connectivity index (χ0) is 24.9. The Bertz CT molecular complexity index is 882. The molecule has 0 heterocycles. The molecule has 3 amide bonds. The Labute approximate surface area is 204 Å². The van der Waals surface area contributed by atoms with Crippen LogP contribution in [0.15, 0.2) is 18.2 Å². The molecule has 34 heavy (non-hydrogen) atoms. The molecule has 3 rings (SSSR count). The highest BCUT2D eigenvalue weighted by Gasteiger charge is 2.40. The van der Waals surface area contributed by atoms with Crippen molar-refractivity contribution >= 4 is 17.9 Å². The van der Waals surface area contributed by atoms with Gasteiger partial charge in [-0.3, -0.25) is 9.59 Å². The Kier molecular flexibility index (Phi) is 8.61. The monoisotopic (exact) mass is 471 g/mol. The van der Waals surface area contributed by atoms with Crippen molar-refractivity contribution in [2.75, 3.05) is 6.54 Å². The molecule has 1 aromatic carbocycles. The SMILES string of the molecule is Cc1ccc(C)c(C(C(=O)NC2CCCCC2)N(C(=O)CNC(=O)OC(C)(C)C)C2CCC2)c1. The number of carbonyl (C=O) groups is 3. The molecule has 0 spiro atoms. The van der Waals surface area contributed by atoms with Gasteiger partial charge in [0.25, 0.3) is 0 Å². The second-order valence-corrected chi connectivity index (χ2v) is 10.8. The van der Waals surface area contributed by atoms with Crippen molar-refractivity contribution in [3.05, 3.63) is 34.9 Å². The lowest BCUT2D eigenvalue weighted by atomic mass is 9.87. The van der Waals surface area contributed by atoms with E-state index in [1.54, 1.807) is 25.7 Å². The summed E-state index contributed by atoms with van der Waals surface area (Å²) in [5, 5.41) is 5.84. The molecule has 0 saturated heterocycles. The number of carbonyl (C=O) groups excluding carboxylic acids is 3. The normalized spacial score (nSPS) is 17.9. The van der Waals surface area contributed by atoms with Gasteiger partial charge in [-0.15, -0.1) is 0 Å². The first-order valence-corrected chi connectivity index (χ1v) is 12.7. The number of aryl methyl sites for hydroxylation is 2. The zero-order valence-electron chi connectivity index (χ0n) is 21.4. The molecular weight excluding hydrogens is 430 g/mol. The minimum atomic E-state index is -0.722. The van der Waals surface area contributed by atoms with Crippen LogP contribution < -0.4 is 10.6 Å². The van der Waals surface area contributed by atoms with Gasteiger partial charge in [-0.2, -0.15) is 0 Å². The van der Waals surface area contributed by atoms with E-state index in [0.29, 0.717) is 0 Å². The van der Waals surface area contributed by atoms with Gasteiger partial charge in [0.1, 0.15) is 18.2 Å². The van der Waals surface area contributed by atoms with Gasteiger partial charge >= 0.3 is 6.09 Å². The fourth-order valence-corrected chi connectivity index (χ4v) is 4.78. The van der Waals surface area contributed by atoms with Gasteiger partial charge in [0.15, 0.2) is 0 Å². The molecule has 1 aromatic rings. The topological polar surface area (TPSA) is 87.7 Å². The molecule has 0 radical (unpaired) electrons. The van der Waals surface area contributed by atoms with Crippen LogP contribution >= 0.6 is 0 Å². The highest BCUT2D eigenvalue weighted by Crippen LogP contribution is 2.35. The van der Waals surface area contributed by atoms with E-state index in [0.717, 1.165) is 61.6 Å². The molecule has 2 fully saturated rings. The van der Waals surface area contributed by atoms with E-state index >= 15 is 0 Å². The van der Waals surface area contributed by atoms with E-state index < -0.39 is 17.7 Å². The van der Waals surface area contributed by atoms with Crippen LogP contribution in [0.5, 0.6) is 0 Å². The Morgan fingerprint density at radius 1 is 1.03 bits per heavy atom. The lowest BCUT2D eigenvalue weighted by Crippen LogP contribution is -2.55. The molecule has 0 aliphatic heterocycles. The number of amides is 3. The number of benzene rings is 1. The Hall–Kier alpha value is -2.57. The summed E-state index contributed by atoms with van der Waals surface area (Å²) >= 11 is 0. The fraction of sp³-hybridized carbons (Fsp3) is 0.667. The van der Waals surface area contributed by atoms with Crippen LogP contribution in [0, 0.1) is 13.8 Å². The van der Waals surface area contributed by atoms with Crippen LogP contribution in [-0.2, 0) is 14.3 Å². The van der Waals surface area contributed by atoms with Crippen LogP contribution in [0.25, 0.3) is 0 Å². The average Bonchev–Trinajstić information content (AvgIpc) is 2.72. The Balaban J connectivity index is 1.87. The lowest BCUT2D eigenvalue weighted by Gasteiger charge is -2.43. The van der Waals surface area contributed by atoms with E-state index in [2.05, 4.69) is 10.6 Å². The maximum Gasteiger partial charge on any atom is 0.408 e. The van der Waals surface area contributed by atoms with Crippen LogP contribution in [0.3, 0.4) is 0 Å². The van der Waals surface area contributed by atoms with E-state index in [9.17, 15) is 14.4 Å². The minimum absolute atomic E-state index is 0.0186. The number of rotatable bonds is 7. The number of alkyl carbamates (subject to hydrolysis) is 1. The summed E-state index contributed by atoms with van der Waals surface area (Å²) < 4.78 is 5.30. The summed E-state index contributed by atoms with van der Waals surface area (Å²) in [6.45, 7) is 9.11.